The standard InChI is InChI=1S/C8H12N4/c1-5-6(2)12-8-7(11-5)3-9-4-10-8/h9H,3-4H2,1-2H3,(H,10,12). The normalized spacial score (nSPS) is 15.2. The van der Waals surface area contributed by atoms with Crippen LogP contribution in [-0.2, 0) is 6.54 Å². The van der Waals surface area contributed by atoms with E-state index in [2.05, 4.69) is 20.6 Å². The molecule has 0 bridgehead atoms. The van der Waals surface area contributed by atoms with E-state index >= 15 is 0 Å². The average Bonchev–Trinajstić information content (AvgIpc) is 2.07. The van der Waals surface area contributed by atoms with E-state index in [0.29, 0.717) is 0 Å². The first-order chi connectivity index (χ1) is 5.77. The third-order valence-electron chi connectivity index (χ3n) is 2.05. The van der Waals surface area contributed by atoms with Crippen LogP contribution in [-0.4, -0.2) is 16.6 Å². The Kier molecular flexibility index (Phi) is 1.69. The smallest absolute Gasteiger partial charge is 0.150 e. The Morgan fingerprint density at radius 1 is 1.17 bits per heavy atom. The maximum absolute atomic E-state index is 4.43. The molecule has 2 rings (SSSR count). The van der Waals surface area contributed by atoms with Crippen molar-refractivity contribution in [1.29, 1.82) is 0 Å². The van der Waals surface area contributed by atoms with E-state index in [-0.39, 0.29) is 0 Å². The van der Waals surface area contributed by atoms with E-state index in [1.54, 1.807) is 0 Å². The van der Waals surface area contributed by atoms with Crippen molar-refractivity contribution in [3.05, 3.63) is 17.1 Å². The molecule has 12 heavy (non-hydrogen) atoms. The van der Waals surface area contributed by atoms with Gasteiger partial charge in [-0.25, -0.2) is 4.98 Å². The van der Waals surface area contributed by atoms with E-state index in [1.807, 2.05) is 13.8 Å². The maximum Gasteiger partial charge on any atom is 0.150 e. The highest BCUT2D eigenvalue weighted by atomic mass is 15.2. The summed E-state index contributed by atoms with van der Waals surface area (Å²) >= 11 is 0. The van der Waals surface area contributed by atoms with Gasteiger partial charge in [-0.05, 0) is 13.8 Å². The maximum atomic E-state index is 4.43. The van der Waals surface area contributed by atoms with Gasteiger partial charge in [-0.1, -0.05) is 0 Å². The molecular weight excluding hydrogens is 152 g/mol. The topological polar surface area (TPSA) is 49.8 Å². The van der Waals surface area contributed by atoms with E-state index < -0.39 is 0 Å². The number of nitrogens with zero attached hydrogens (tertiary/aromatic N) is 2. The molecule has 0 atom stereocenters. The van der Waals surface area contributed by atoms with Crippen molar-refractivity contribution < 1.29 is 0 Å². The highest BCUT2D eigenvalue weighted by molar-refractivity contribution is 5.43. The summed E-state index contributed by atoms with van der Waals surface area (Å²) in [7, 11) is 0. The highest BCUT2D eigenvalue weighted by Crippen LogP contribution is 2.14. The van der Waals surface area contributed by atoms with E-state index in [4.69, 9.17) is 0 Å². The zero-order valence-corrected chi connectivity index (χ0v) is 7.31. The summed E-state index contributed by atoms with van der Waals surface area (Å²) in [4.78, 5) is 8.83. The second-order valence-electron chi connectivity index (χ2n) is 2.97. The third kappa shape index (κ3) is 1.14. The van der Waals surface area contributed by atoms with Crippen LogP contribution >= 0.6 is 0 Å². The second kappa shape index (κ2) is 2.71. The molecule has 0 fully saturated rings. The summed E-state index contributed by atoms with van der Waals surface area (Å²) in [5.41, 5.74) is 3.03. The van der Waals surface area contributed by atoms with Gasteiger partial charge in [0.2, 0.25) is 0 Å². The summed E-state index contributed by atoms with van der Waals surface area (Å²) in [6.07, 6.45) is 0. The fourth-order valence-electron chi connectivity index (χ4n) is 1.24. The number of anilines is 1. The van der Waals surface area contributed by atoms with Gasteiger partial charge in [0.25, 0.3) is 0 Å². The van der Waals surface area contributed by atoms with Crippen molar-refractivity contribution in [3.8, 4) is 0 Å². The van der Waals surface area contributed by atoms with Gasteiger partial charge in [-0.15, -0.1) is 0 Å². The Morgan fingerprint density at radius 2 is 1.92 bits per heavy atom. The molecule has 1 aromatic heterocycles. The predicted octanol–water partition coefficient (Wildman–Crippen LogP) is 0.566. The van der Waals surface area contributed by atoms with Crippen LogP contribution in [0.4, 0.5) is 5.82 Å². The first-order valence-corrected chi connectivity index (χ1v) is 4.06. The van der Waals surface area contributed by atoms with Crippen LogP contribution in [0.2, 0.25) is 0 Å². The average molecular weight is 164 g/mol. The first kappa shape index (κ1) is 7.49. The number of fused-ring (bicyclic) bond motifs is 1. The molecule has 0 amide bonds. The molecule has 64 valence electrons. The van der Waals surface area contributed by atoms with E-state index in [0.717, 1.165) is 36.1 Å². The molecule has 0 saturated carbocycles. The molecule has 0 aromatic carbocycles. The molecule has 0 unspecified atom stereocenters. The molecule has 2 heterocycles. The Bertz CT molecular complexity index is 277. The molecule has 0 radical (unpaired) electrons. The quantitative estimate of drug-likeness (QED) is 0.588. The molecule has 4 heteroatoms. The summed E-state index contributed by atoms with van der Waals surface area (Å²) in [5.74, 6) is 0.928. The van der Waals surface area contributed by atoms with Gasteiger partial charge in [0.15, 0.2) is 0 Å². The fourth-order valence-corrected chi connectivity index (χ4v) is 1.24. The number of nitrogens with one attached hydrogen (secondary N) is 2. The van der Waals surface area contributed by atoms with Crippen molar-refractivity contribution in [2.75, 3.05) is 12.0 Å². The van der Waals surface area contributed by atoms with Crippen molar-refractivity contribution in [3.63, 3.8) is 0 Å². The lowest BCUT2D eigenvalue weighted by Crippen LogP contribution is -2.29. The van der Waals surface area contributed by atoms with Crippen LogP contribution in [0.5, 0.6) is 0 Å². The molecule has 0 saturated heterocycles. The number of aryl methyl sites for hydroxylation is 2. The number of hydrogen-bond donors (Lipinski definition) is 2. The van der Waals surface area contributed by atoms with Crippen LogP contribution in [0.25, 0.3) is 0 Å². The van der Waals surface area contributed by atoms with Crippen LogP contribution in [0.1, 0.15) is 17.1 Å². The van der Waals surface area contributed by atoms with Gasteiger partial charge in [0.1, 0.15) is 5.82 Å². The molecule has 2 N–H and O–H groups in total. The highest BCUT2D eigenvalue weighted by Gasteiger charge is 2.11. The number of rotatable bonds is 0. The largest absolute Gasteiger partial charge is 0.356 e. The van der Waals surface area contributed by atoms with Crippen molar-refractivity contribution >= 4 is 5.82 Å². The van der Waals surface area contributed by atoms with E-state index in [1.165, 1.54) is 0 Å². The minimum Gasteiger partial charge on any atom is -0.356 e. The first-order valence-electron chi connectivity index (χ1n) is 4.06. The molecule has 1 aliphatic heterocycles. The van der Waals surface area contributed by atoms with Gasteiger partial charge < -0.3 is 5.32 Å². The van der Waals surface area contributed by atoms with Gasteiger partial charge in [0, 0.05) is 6.54 Å². The molecule has 0 aliphatic carbocycles. The summed E-state index contributed by atoms with van der Waals surface area (Å²) < 4.78 is 0. The molecule has 4 nitrogen and oxygen atoms in total. The number of hydrogen-bond acceptors (Lipinski definition) is 4. The zero-order chi connectivity index (χ0) is 8.55. The molecule has 1 aliphatic rings. The monoisotopic (exact) mass is 164 g/mol. The lowest BCUT2D eigenvalue weighted by atomic mass is 10.3. The second-order valence-corrected chi connectivity index (χ2v) is 2.97. The summed E-state index contributed by atoms with van der Waals surface area (Å²) in [6, 6.07) is 0. The summed E-state index contributed by atoms with van der Waals surface area (Å²) in [6.45, 7) is 5.56. The predicted molar refractivity (Wildman–Crippen MR) is 46.8 cm³/mol. The third-order valence-corrected chi connectivity index (χ3v) is 2.05. The Morgan fingerprint density at radius 3 is 2.75 bits per heavy atom. The molecular formula is C8H12N4. The minimum absolute atomic E-state index is 0.782. The minimum atomic E-state index is 0.782. The lowest BCUT2D eigenvalue weighted by molar-refractivity contribution is 0.677. The Labute approximate surface area is 71.4 Å². The summed E-state index contributed by atoms with van der Waals surface area (Å²) in [5, 5.41) is 6.32. The van der Waals surface area contributed by atoms with Crippen LogP contribution in [0, 0.1) is 13.8 Å². The van der Waals surface area contributed by atoms with Crippen LogP contribution in [0.3, 0.4) is 0 Å². The fraction of sp³-hybridized carbons (Fsp3) is 0.500. The van der Waals surface area contributed by atoms with Crippen LogP contribution < -0.4 is 10.6 Å². The van der Waals surface area contributed by atoms with Crippen molar-refractivity contribution in [2.45, 2.75) is 20.4 Å². The Hall–Kier alpha value is -1.16. The van der Waals surface area contributed by atoms with Gasteiger partial charge >= 0.3 is 0 Å². The van der Waals surface area contributed by atoms with Crippen molar-refractivity contribution in [2.24, 2.45) is 0 Å². The van der Waals surface area contributed by atoms with Gasteiger partial charge in [-0.2, -0.15) is 0 Å². The molecule has 1 aromatic rings. The van der Waals surface area contributed by atoms with Gasteiger partial charge in [0.05, 0.1) is 23.8 Å². The van der Waals surface area contributed by atoms with E-state index in [9.17, 15) is 0 Å². The lowest BCUT2D eigenvalue weighted by Gasteiger charge is -2.18. The van der Waals surface area contributed by atoms with Crippen LogP contribution in [0.15, 0.2) is 0 Å². The zero-order valence-electron chi connectivity index (χ0n) is 7.31. The Balaban J connectivity index is 2.49. The molecule has 0 spiro atoms. The van der Waals surface area contributed by atoms with Crippen molar-refractivity contribution in [1.82, 2.24) is 15.3 Å². The van der Waals surface area contributed by atoms with Gasteiger partial charge in [-0.3, -0.25) is 10.3 Å². The number of aromatic nitrogens is 2. The SMILES string of the molecule is Cc1nc2c(nc1C)NCNC2.